The van der Waals surface area contributed by atoms with Crippen LogP contribution in [0.2, 0.25) is 0 Å². The van der Waals surface area contributed by atoms with Crippen LogP contribution in [0.4, 0.5) is 0 Å². The van der Waals surface area contributed by atoms with E-state index in [1.165, 1.54) is 0 Å². The van der Waals surface area contributed by atoms with Gasteiger partial charge in [0.25, 0.3) is 0 Å². The van der Waals surface area contributed by atoms with Gasteiger partial charge < -0.3 is 14.6 Å². The molecule has 1 aliphatic heterocycles. The fraction of sp³-hybridized carbons (Fsp3) is 0.583. The molecule has 1 N–H and O–H groups in total. The molecule has 1 saturated heterocycles. The molecule has 0 radical (unpaired) electrons. The first kappa shape index (κ1) is 21.6. The molecule has 1 aliphatic rings. The molecule has 5 nitrogen and oxygen atoms in total. The lowest BCUT2D eigenvalue weighted by Gasteiger charge is -2.49. The van der Waals surface area contributed by atoms with Crippen LogP contribution in [0.1, 0.15) is 66.0 Å². The maximum absolute atomic E-state index is 13.3. The van der Waals surface area contributed by atoms with E-state index >= 15 is 0 Å². The van der Waals surface area contributed by atoms with Crippen LogP contribution in [0, 0.1) is 0 Å². The number of benzene rings is 1. The predicted octanol–water partition coefficient (Wildman–Crippen LogP) is 4.82. The summed E-state index contributed by atoms with van der Waals surface area (Å²) in [6.45, 7) is 11.9. The number of nitrogens with one attached hydrogen (secondary N) is 1. The Morgan fingerprint density at radius 1 is 1.17 bits per heavy atom. The van der Waals surface area contributed by atoms with Gasteiger partial charge in [0.1, 0.15) is 6.26 Å². The lowest BCUT2D eigenvalue weighted by atomic mass is 9.79. The number of piperidine rings is 1. The SMILES string of the molecule is CCCCN(C(=O)Cc1coc(-c2ccccc2)n1)C1CC(C)(C)NC(C)(C)C1. The highest BCUT2D eigenvalue weighted by Gasteiger charge is 2.41. The molecule has 2 aromatic rings. The van der Waals surface area contributed by atoms with E-state index in [1.807, 2.05) is 30.3 Å². The van der Waals surface area contributed by atoms with E-state index in [4.69, 9.17) is 4.42 Å². The predicted molar refractivity (Wildman–Crippen MR) is 117 cm³/mol. The Kier molecular flexibility index (Phi) is 6.47. The van der Waals surface area contributed by atoms with Crippen LogP contribution in [0.3, 0.4) is 0 Å². The molecule has 0 aliphatic carbocycles. The maximum atomic E-state index is 13.3. The summed E-state index contributed by atoms with van der Waals surface area (Å²) in [4.78, 5) is 20.0. The van der Waals surface area contributed by atoms with Gasteiger partial charge in [0.2, 0.25) is 11.8 Å². The summed E-state index contributed by atoms with van der Waals surface area (Å²) in [5.74, 6) is 0.711. The fourth-order valence-corrected chi connectivity index (χ4v) is 4.69. The minimum absolute atomic E-state index is 0.00549. The zero-order chi connectivity index (χ0) is 21.1. The number of carbonyl (C=O) groups excluding carboxylic acids is 1. The van der Waals surface area contributed by atoms with E-state index in [2.05, 4.69) is 49.8 Å². The van der Waals surface area contributed by atoms with E-state index < -0.39 is 0 Å². The smallest absolute Gasteiger partial charge is 0.228 e. The van der Waals surface area contributed by atoms with Crippen molar-refractivity contribution in [1.82, 2.24) is 15.2 Å². The molecule has 0 atom stereocenters. The van der Waals surface area contributed by atoms with Crippen molar-refractivity contribution in [2.45, 2.75) is 83.8 Å². The lowest BCUT2D eigenvalue weighted by Crippen LogP contribution is -2.63. The van der Waals surface area contributed by atoms with Crippen molar-refractivity contribution in [2.75, 3.05) is 6.54 Å². The first-order chi connectivity index (χ1) is 13.7. The van der Waals surface area contributed by atoms with Crippen LogP contribution < -0.4 is 5.32 Å². The second kappa shape index (κ2) is 8.70. The standard InChI is InChI=1S/C24H35N3O2/c1-6-7-13-27(20-15-23(2,3)26-24(4,5)16-20)21(28)14-19-17-29-22(25-19)18-11-9-8-10-12-18/h8-12,17,20,26H,6-7,13-16H2,1-5H3. The Labute approximate surface area is 174 Å². The molecular weight excluding hydrogens is 362 g/mol. The molecule has 29 heavy (non-hydrogen) atoms. The van der Waals surface area contributed by atoms with Gasteiger partial charge in [-0.15, -0.1) is 0 Å². The highest BCUT2D eigenvalue weighted by molar-refractivity contribution is 5.78. The molecule has 1 amide bonds. The van der Waals surface area contributed by atoms with Gasteiger partial charge in [0.05, 0.1) is 12.1 Å². The Hall–Kier alpha value is -2.14. The summed E-state index contributed by atoms with van der Waals surface area (Å²) in [5.41, 5.74) is 1.63. The van der Waals surface area contributed by atoms with Gasteiger partial charge in [0, 0.05) is 29.2 Å². The Morgan fingerprint density at radius 2 is 1.83 bits per heavy atom. The molecule has 1 aromatic heterocycles. The third-order valence-electron chi connectivity index (χ3n) is 5.59. The molecule has 0 saturated carbocycles. The molecule has 5 heteroatoms. The quantitative estimate of drug-likeness (QED) is 0.727. The monoisotopic (exact) mass is 397 g/mol. The molecular formula is C24H35N3O2. The van der Waals surface area contributed by atoms with Gasteiger partial charge in [-0.1, -0.05) is 31.5 Å². The van der Waals surface area contributed by atoms with Crippen molar-refractivity contribution < 1.29 is 9.21 Å². The average Bonchev–Trinajstić information content (AvgIpc) is 3.08. The molecule has 3 rings (SSSR count). The zero-order valence-corrected chi connectivity index (χ0v) is 18.5. The number of hydrogen-bond donors (Lipinski definition) is 1. The third-order valence-corrected chi connectivity index (χ3v) is 5.59. The number of amides is 1. The Balaban J connectivity index is 1.75. The number of unbranched alkanes of at least 4 members (excludes halogenated alkanes) is 1. The third kappa shape index (κ3) is 5.69. The topological polar surface area (TPSA) is 58.4 Å². The van der Waals surface area contributed by atoms with Gasteiger partial charge in [-0.2, -0.15) is 0 Å². The maximum Gasteiger partial charge on any atom is 0.228 e. The number of carbonyl (C=O) groups is 1. The van der Waals surface area contributed by atoms with Crippen molar-refractivity contribution in [3.05, 3.63) is 42.3 Å². The largest absolute Gasteiger partial charge is 0.444 e. The summed E-state index contributed by atoms with van der Waals surface area (Å²) < 4.78 is 5.63. The molecule has 158 valence electrons. The zero-order valence-electron chi connectivity index (χ0n) is 18.5. The first-order valence-electron chi connectivity index (χ1n) is 10.8. The van der Waals surface area contributed by atoms with Crippen LogP contribution in [-0.4, -0.2) is 39.5 Å². The molecule has 1 aromatic carbocycles. The molecule has 0 spiro atoms. The summed E-state index contributed by atoms with van der Waals surface area (Å²) in [6.07, 6.45) is 5.91. The minimum Gasteiger partial charge on any atom is -0.444 e. The van der Waals surface area contributed by atoms with Gasteiger partial charge >= 0.3 is 0 Å². The van der Waals surface area contributed by atoms with Gasteiger partial charge in [-0.25, -0.2) is 4.98 Å². The molecule has 0 bridgehead atoms. The van der Waals surface area contributed by atoms with Crippen LogP contribution >= 0.6 is 0 Å². The minimum atomic E-state index is 0.00549. The van der Waals surface area contributed by atoms with Crippen molar-refractivity contribution in [1.29, 1.82) is 0 Å². The van der Waals surface area contributed by atoms with E-state index in [1.54, 1.807) is 6.26 Å². The van der Waals surface area contributed by atoms with E-state index in [9.17, 15) is 4.79 Å². The second-order valence-electron chi connectivity index (χ2n) is 9.58. The summed E-state index contributed by atoms with van der Waals surface area (Å²) in [6, 6.07) is 10.0. The highest BCUT2D eigenvalue weighted by Crippen LogP contribution is 2.32. The average molecular weight is 398 g/mol. The van der Waals surface area contributed by atoms with Crippen molar-refractivity contribution in [3.8, 4) is 11.5 Å². The number of oxazole rings is 1. The highest BCUT2D eigenvalue weighted by atomic mass is 16.3. The van der Waals surface area contributed by atoms with Crippen LogP contribution in [0.25, 0.3) is 11.5 Å². The molecule has 1 fully saturated rings. The number of rotatable bonds is 7. The Bertz CT molecular complexity index is 795. The summed E-state index contributed by atoms with van der Waals surface area (Å²) in [7, 11) is 0. The van der Waals surface area contributed by atoms with Crippen molar-refractivity contribution in [3.63, 3.8) is 0 Å². The first-order valence-corrected chi connectivity index (χ1v) is 10.8. The van der Waals surface area contributed by atoms with Gasteiger partial charge in [-0.3, -0.25) is 4.79 Å². The number of aromatic nitrogens is 1. The number of nitrogens with zero attached hydrogens (tertiary/aromatic N) is 2. The summed E-state index contributed by atoms with van der Waals surface area (Å²) >= 11 is 0. The normalized spacial score (nSPS) is 18.5. The lowest BCUT2D eigenvalue weighted by molar-refractivity contribution is -0.134. The second-order valence-corrected chi connectivity index (χ2v) is 9.58. The van der Waals surface area contributed by atoms with Crippen LogP contribution in [0.5, 0.6) is 0 Å². The Morgan fingerprint density at radius 3 is 2.45 bits per heavy atom. The summed E-state index contributed by atoms with van der Waals surface area (Å²) in [5, 5.41) is 3.72. The van der Waals surface area contributed by atoms with E-state index in [0.29, 0.717) is 11.6 Å². The van der Waals surface area contributed by atoms with Crippen molar-refractivity contribution in [2.24, 2.45) is 0 Å². The van der Waals surface area contributed by atoms with Gasteiger partial charge in [0.15, 0.2) is 0 Å². The van der Waals surface area contributed by atoms with E-state index in [-0.39, 0.29) is 29.4 Å². The van der Waals surface area contributed by atoms with Crippen molar-refractivity contribution >= 4 is 5.91 Å². The van der Waals surface area contributed by atoms with Gasteiger partial charge in [-0.05, 0) is 59.1 Å². The molecule has 2 heterocycles. The van der Waals surface area contributed by atoms with E-state index in [0.717, 1.165) is 37.8 Å². The molecule has 0 unspecified atom stereocenters. The van der Waals surface area contributed by atoms with Crippen LogP contribution in [0.15, 0.2) is 41.0 Å². The fourth-order valence-electron chi connectivity index (χ4n) is 4.69. The van der Waals surface area contributed by atoms with Crippen LogP contribution in [-0.2, 0) is 11.2 Å². The number of hydrogen-bond acceptors (Lipinski definition) is 4.